The first kappa shape index (κ1) is 17.4. The van der Waals surface area contributed by atoms with E-state index < -0.39 is 0 Å². The standard InChI is InChI=1S/C19H21FN6O/c1-12-16-17(24(3)23-12)18(22-13(2)21-16)25-8-10-26(11-9-25)19(27)14-4-6-15(20)7-5-14/h4-7H,8-11H2,1-3H3. The Kier molecular flexibility index (Phi) is 4.25. The molecule has 140 valence electrons. The third kappa shape index (κ3) is 3.11. The number of carbonyl (C=O) groups is 1. The Labute approximate surface area is 156 Å². The van der Waals surface area contributed by atoms with E-state index in [9.17, 15) is 9.18 Å². The first-order valence-electron chi connectivity index (χ1n) is 8.92. The van der Waals surface area contributed by atoms with Gasteiger partial charge in [0.15, 0.2) is 5.82 Å². The van der Waals surface area contributed by atoms with Crippen LogP contribution in [0.5, 0.6) is 0 Å². The zero-order valence-electron chi connectivity index (χ0n) is 15.6. The molecule has 0 bridgehead atoms. The molecule has 0 unspecified atom stereocenters. The Morgan fingerprint density at radius 1 is 1.04 bits per heavy atom. The van der Waals surface area contributed by atoms with Crippen LogP contribution < -0.4 is 4.90 Å². The molecule has 1 aromatic carbocycles. The summed E-state index contributed by atoms with van der Waals surface area (Å²) in [6, 6.07) is 5.68. The number of nitrogens with zero attached hydrogens (tertiary/aromatic N) is 6. The summed E-state index contributed by atoms with van der Waals surface area (Å²) in [5.74, 6) is 1.15. The summed E-state index contributed by atoms with van der Waals surface area (Å²) in [5, 5.41) is 4.47. The topological polar surface area (TPSA) is 67.2 Å². The zero-order chi connectivity index (χ0) is 19.1. The van der Waals surface area contributed by atoms with Gasteiger partial charge in [-0.25, -0.2) is 14.4 Å². The predicted octanol–water partition coefficient (Wildman–Crippen LogP) is 2.08. The van der Waals surface area contributed by atoms with Crippen molar-refractivity contribution in [2.24, 2.45) is 7.05 Å². The molecular weight excluding hydrogens is 347 g/mol. The van der Waals surface area contributed by atoms with Gasteiger partial charge in [0.05, 0.1) is 5.69 Å². The Morgan fingerprint density at radius 2 is 1.70 bits per heavy atom. The molecule has 0 N–H and O–H groups in total. The van der Waals surface area contributed by atoms with Gasteiger partial charge < -0.3 is 9.80 Å². The average molecular weight is 368 g/mol. The number of fused-ring (bicyclic) bond motifs is 1. The minimum atomic E-state index is -0.342. The first-order valence-corrected chi connectivity index (χ1v) is 8.92. The van der Waals surface area contributed by atoms with E-state index in [2.05, 4.69) is 20.0 Å². The van der Waals surface area contributed by atoms with Crippen molar-refractivity contribution >= 4 is 22.8 Å². The van der Waals surface area contributed by atoms with E-state index in [0.29, 0.717) is 37.6 Å². The molecule has 1 amide bonds. The summed E-state index contributed by atoms with van der Waals surface area (Å²) in [5.41, 5.74) is 3.16. The van der Waals surface area contributed by atoms with Crippen molar-refractivity contribution in [3.05, 3.63) is 47.2 Å². The molecule has 0 spiro atoms. The van der Waals surface area contributed by atoms with E-state index in [1.807, 2.05) is 25.6 Å². The molecule has 7 nitrogen and oxygen atoms in total. The lowest BCUT2D eigenvalue weighted by molar-refractivity contribution is 0.0746. The highest BCUT2D eigenvalue weighted by atomic mass is 19.1. The van der Waals surface area contributed by atoms with E-state index in [1.165, 1.54) is 24.3 Å². The number of halogens is 1. The number of benzene rings is 1. The van der Waals surface area contributed by atoms with Gasteiger partial charge in [0.1, 0.15) is 22.7 Å². The number of amides is 1. The highest BCUT2D eigenvalue weighted by Gasteiger charge is 2.25. The third-order valence-corrected chi connectivity index (χ3v) is 4.90. The van der Waals surface area contributed by atoms with Crippen molar-refractivity contribution in [1.82, 2.24) is 24.6 Å². The van der Waals surface area contributed by atoms with Crippen LogP contribution in [0.1, 0.15) is 21.9 Å². The molecule has 2 aromatic heterocycles. The van der Waals surface area contributed by atoms with Gasteiger partial charge >= 0.3 is 0 Å². The molecule has 3 heterocycles. The lowest BCUT2D eigenvalue weighted by Gasteiger charge is -2.35. The summed E-state index contributed by atoms with van der Waals surface area (Å²) in [7, 11) is 1.89. The second kappa shape index (κ2) is 6.61. The first-order chi connectivity index (χ1) is 12.9. The molecule has 8 heteroatoms. The van der Waals surface area contributed by atoms with Crippen LogP contribution in [-0.4, -0.2) is 56.7 Å². The fraction of sp³-hybridized carbons (Fsp3) is 0.368. The van der Waals surface area contributed by atoms with Crippen molar-refractivity contribution in [2.75, 3.05) is 31.1 Å². The number of anilines is 1. The van der Waals surface area contributed by atoms with Crippen molar-refractivity contribution in [2.45, 2.75) is 13.8 Å². The van der Waals surface area contributed by atoms with Crippen molar-refractivity contribution < 1.29 is 9.18 Å². The van der Waals surface area contributed by atoms with Crippen LogP contribution in [-0.2, 0) is 7.05 Å². The van der Waals surface area contributed by atoms with Crippen LogP contribution in [0, 0.1) is 19.7 Å². The van der Waals surface area contributed by atoms with Crippen LogP contribution in [0.4, 0.5) is 10.2 Å². The molecule has 0 saturated carbocycles. The summed E-state index contributed by atoms with van der Waals surface area (Å²) in [6.45, 7) is 6.32. The summed E-state index contributed by atoms with van der Waals surface area (Å²) >= 11 is 0. The van der Waals surface area contributed by atoms with Crippen LogP contribution in [0.3, 0.4) is 0 Å². The molecule has 1 aliphatic heterocycles. The molecular formula is C19H21FN6O. The number of piperazine rings is 1. The maximum atomic E-state index is 13.1. The molecule has 3 aromatic rings. The SMILES string of the molecule is Cc1nc(N2CCN(C(=O)c3ccc(F)cc3)CC2)c2c(n1)c(C)nn2C. The number of carbonyl (C=O) groups excluding carboxylic acids is 1. The van der Waals surface area contributed by atoms with Crippen LogP contribution in [0.2, 0.25) is 0 Å². The van der Waals surface area contributed by atoms with Gasteiger partial charge in [0.25, 0.3) is 5.91 Å². The molecule has 0 radical (unpaired) electrons. The lowest BCUT2D eigenvalue weighted by atomic mass is 10.1. The number of hydrogen-bond donors (Lipinski definition) is 0. The summed E-state index contributed by atoms with van der Waals surface area (Å²) in [6.07, 6.45) is 0. The van der Waals surface area contributed by atoms with Crippen molar-refractivity contribution in [1.29, 1.82) is 0 Å². The predicted molar refractivity (Wildman–Crippen MR) is 100 cm³/mol. The van der Waals surface area contributed by atoms with E-state index in [0.717, 1.165) is 22.5 Å². The second-order valence-corrected chi connectivity index (χ2v) is 6.79. The fourth-order valence-electron chi connectivity index (χ4n) is 3.54. The fourth-order valence-corrected chi connectivity index (χ4v) is 3.54. The van der Waals surface area contributed by atoms with Gasteiger partial charge in [-0.1, -0.05) is 0 Å². The Morgan fingerprint density at radius 3 is 2.37 bits per heavy atom. The van der Waals surface area contributed by atoms with Crippen LogP contribution >= 0.6 is 0 Å². The average Bonchev–Trinajstić information content (AvgIpc) is 2.95. The van der Waals surface area contributed by atoms with E-state index in [4.69, 9.17) is 0 Å². The van der Waals surface area contributed by atoms with Gasteiger partial charge in [-0.15, -0.1) is 0 Å². The Balaban J connectivity index is 1.55. The molecule has 4 rings (SSSR count). The van der Waals surface area contributed by atoms with E-state index in [-0.39, 0.29) is 11.7 Å². The van der Waals surface area contributed by atoms with Crippen LogP contribution in [0.15, 0.2) is 24.3 Å². The monoisotopic (exact) mass is 368 g/mol. The van der Waals surface area contributed by atoms with Gasteiger partial charge in [-0.05, 0) is 38.1 Å². The highest BCUT2D eigenvalue weighted by molar-refractivity contribution is 5.94. The molecule has 1 saturated heterocycles. The van der Waals surface area contributed by atoms with E-state index in [1.54, 1.807) is 4.90 Å². The molecule has 27 heavy (non-hydrogen) atoms. The maximum Gasteiger partial charge on any atom is 0.253 e. The lowest BCUT2D eigenvalue weighted by Crippen LogP contribution is -2.49. The van der Waals surface area contributed by atoms with Crippen molar-refractivity contribution in [3.63, 3.8) is 0 Å². The summed E-state index contributed by atoms with van der Waals surface area (Å²) < 4.78 is 14.9. The normalized spacial score (nSPS) is 14.8. The zero-order valence-corrected chi connectivity index (χ0v) is 15.6. The smallest absolute Gasteiger partial charge is 0.253 e. The summed E-state index contributed by atoms with van der Waals surface area (Å²) in [4.78, 5) is 25.8. The van der Waals surface area contributed by atoms with Crippen LogP contribution in [0.25, 0.3) is 11.0 Å². The Hall–Kier alpha value is -3.03. The molecule has 0 atom stereocenters. The highest BCUT2D eigenvalue weighted by Crippen LogP contribution is 2.26. The molecule has 1 fully saturated rings. The maximum absolute atomic E-state index is 13.1. The number of rotatable bonds is 2. The number of hydrogen-bond acceptors (Lipinski definition) is 5. The largest absolute Gasteiger partial charge is 0.351 e. The number of aryl methyl sites for hydroxylation is 3. The number of aromatic nitrogens is 4. The molecule has 1 aliphatic rings. The van der Waals surface area contributed by atoms with Gasteiger partial charge in [0, 0.05) is 38.8 Å². The van der Waals surface area contributed by atoms with Crippen molar-refractivity contribution in [3.8, 4) is 0 Å². The minimum absolute atomic E-state index is 0.0740. The van der Waals surface area contributed by atoms with Gasteiger partial charge in [-0.2, -0.15) is 5.10 Å². The van der Waals surface area contributed by atoms with Gasteiger partial charge in [0.2, 0.25) is 0 Å². The second-order valence-electron chi connectivity index (χ2n) is 6.79. The quantitative estimate of drug-likeness (QED) is 0.693. The van der Waals surface area contributed by atoms with Gasteiger partial charge in [-0.3, -0.25) is 9.48 Å². The minimum Gasteiger partial charge on any atom is -0.351 e. The molecule has 0 aliphatic carbocycles. The van der Waals surface area contributed by atoms with E-state index >= 15 is 0 Å². The third-order valence-electron chi connectivity index (χ3n) is 4.90. The Bertz CT molecular complexity index is 1010.